The molecule has 1 nitrogen and oxygen atoms in total. The topological polar surface area (TPSA) is 12.9 Å². The van der Waals surface area contributed by atoms with Crippen molar-refractivity contribution in [2.24, 2.45) is 0 Å². The summed E-state index contributed by atoms with van der Waals surface area (Å²) in [6.45, 7) is 4.39. The Bertz CT molecular complexity index is 219. The molecule has 0 radical (unpaired) electrons. The number of aromatic nitrogens is 1. The van der Waals surface area contributed by atoms with Gasteiger partial charge in [0.2, 0.25) is 0 Å². The zero-order valence-corrected chi connectivity index (χ0v) is 10.5. The van der Waals surface area contributed by atoms with E-state index in [1.807, 2.05) is 29.7 Å². The van der Waals surface area contributed by atoms with E-state index in [0.29, 0.717) is 0 Å². The van der Waals surface area contributed by atoms with Gasteiger partial charge in [-0.05, 0) is 36.5 Å². The lowest BCUT2D eigenvalue weighted by Crippen LogP contribution is -1.83. The molecular formula is C11H17NS2. The maximum absolute atomic E-state index is 4.41. The van der Waals surface area contributed by atoms with Crippen LogP contribution in [-0.4, -0.2) is 16.5 Å². The molecule has 1 aromatic rings. The molecule has 0 aromatic carbocycles. The van der Waals surface area contributed by atoms with Crippen LogP contribution in [-0.2, 0) is 0 Å². The second kappa shape index (κ2) is 7.18. The number of rotatable bonds is 6. The molecule has 0 aliphatic carbocycles. The second-order valence-electron chi connectivity index (χ2n) is 3.03. The van der Waals surface area contributed by atoms with Gasteiger partial charge < -0.3 is 0 Å². The highest BCUT2D eigenvalue weighted by molar-refractivity contribution is 7.99. The molecule has 1 rings (SSSR count). The number of nitrogens with zero attached hydrogens (tertiary/aromatic N) is 1. The van der Waals surface area contributed by atoms with Crippen molar-refractivity contribution in [3.63, 3.8) is 0 Å². The van der Waals surface area contributed by atoms with Crippen LogP contribution in [0.15, 0.2) is 28.3 Å². The van der Waals surface area contributed by atoms with Gasteiger partial charge in [-0.15, -0.1) is 23.5 Å². The molecule has 0 spiro atoms. The van der Waals surface area contributed by atoms with Crippen molar-refractivity contribution in [3.05, 3.63) is 18.3 Å². The van der Waals surface area contributed by atoms with Crippen LogP contribution in [0.5, 0.6) is 0 Å². The van der Waals surface area contributed by atoms with E-state index in [0.717, 1.165) is 10.8 Å². The first kappa shape index (κ1) is 11.9. The number of pyridine rings is 1. The zero-order valence-electron chi connectivity index (χ0n) is 8.82. The maximum Gasteiger partial charge on any atom is 0.0960 e. The second-order valence-corrected chi connectivity index (χ2v) is 5.31. The molecule has 1 heterocycles. The van der Waals surface area contributed by atoms with Crippen LogP contribution in [0.2, 0.25) is 0 Å². The van der Waals surface area contributed by atoms with Crippen LogP contribution in [0.4, 0.5) is 0 Å². The SMILES string of the molecule is CCCSc1ccc(SCCC)nc1. The summed E-state index contributed by atoms with van der Waals surface area (Å²) in [5.41, 5.74) is 0. The lowest BCUT2D eigenvalue weighted by atomic mass is 10.5. The first-order chi connectivity index (χ1) is 6.86. The fourth-order valence-electron chi connectivity index (χ4n) is 0.964. The first-order valence-corrected chi connectivity index (χ1v) is 7.05. The molecule has 0 saturated heterocycles. The number of thioether (sulfide) groups is 2. The van der Waals surface area contributed by atoms with Crippen molar-refractivity contribution in [2.75, 3.05) is 11.5 Å². The summed E-state index contributed by atoms with van der Waals surface area (Å²) in [5.74, 6) is 2.34. The van der Waals surface area contributed by atoms with Gasteiger partial charge in [0.05, 0.1) is 5.03 Å². The predicted molar refractivity (Wildman–Crippen MR) is 66.3 cm³/mol. The number of hydrogen-bond donors (Lipinski definition) is 0. The van der Waals surface area contributed by atoms with E-state index in [1.165, 1.54) is 23.5 Å². The highest BCUT2D eigenvalue weighted by Gasteiger charge is 1.96. The summed E-state index contributed by atoms with van der Waals surface area (Å²) >= 11 is 3.71. The third-order valence-electron chi connectivity index (χ3n) is 1.64. The minimum atomic E-state index is 1.15. The lowest BCUT2D eigenvalue weighted by molar-refractivity contribution is 1.06. The Hall–Kier alpha value is -0.150. The minimum Gasteiger partial charge on any atom is -0.249 e. The van der Waals surface area contributed by atoms with Gasteiger partial charge in [-0.3, -0.25) is 0 Å². The molecule has 0 atom stereocenters. The van der Waals surface area contributed by atoms with Crippen LogP contribution < -0.4 is 0 Å². The molecule has 0 unspecified atom stereocenters. The Morgan fingerprint density at radius 2 is 1.79 bits per heavy atom. The van der Waals surface area contributed by atoms with E-state index in [9.17, 15) is 0 Å². The molecule has 3 heteroatoms. The molecule has 0 amide bonds. The molecule has 0 N–H and O–H groups in total. The Morgan fingerprint density at radius 3 is 2.36 bits per heavy atom. The standard InChI is InChI=1S/C11H17NS2/c1-3-7-13-10-5-6-11(12-9-10)14-8-4-2/h5-6,9H,3-4,7-8H2,1-2H3. The van der Waals surface area contributed by atoms with Crippen LogP contribution in [0.3, 0.4) is 0 Å². The molecule has 0 fully saturated rings. The van der Waals surface area contributed by atoms with Crippen molar-refractivity contribution >= 4 is 23.5 Å². The normalized spacial score (nSPS) is 10.4. The van der Waals surface area contributed by atoms with E-state index < -0.39 is 0 Å². The molecule has 1 aromatic heterocycles. The van der Waals surface area contributed by atoms with E-state index in [1.54, 1.807) is 0 Å². The van der Waals surface area contributed by atoms with Crippen molar-refractivity contribution in [3.8, 4) is 0 Å². The zero-order chi connectivity index (χ0) is 10.2. The van der Waals surface area contributed by atoms with E-state index in [4.69, 9.17) is 0 Å². The minimum absolute atomic E-state index is 1.15. The Kier molecular flexibility index (Phi) is 6.12. The molecule has 0 aliphatic heterocycles. The third-order valence-corrected chi connectivity index (χ3v) is 3.97. The van der Waals surface area contributed by atoms with E-state index in [-0.39, 0.29) is 0 Å². The Labute approximate surface area is 95.1 Å². The van der Waals surface area contributed by atoms with Crippen molar-refractivity contribution < 1.29 is 0 Å². The van der Waals surface area contributed by atoms with Gasteiger partial charge in [0.25, 0.3) is 0 Å². The smallest absolute Gasteiger partial charge is 0.0960 e. The van der Waals surface area contributed by atoms with Crippen LogP contribution >= 0.6 is 23.5 Å². The van der Waals surface area contributed by atoms with Crippen molar-refractivity contribution in [1.29, 1.82) is 0 Å². The predicted octanol–water partition coefficient (Wildman–Crippen LogP) is 4.09. The highest BCUT2D eigenvalue weighted by atomic mass is 32.2. The largest absolute Gasteiger partial charge is 0.249 e. The molecule has 0 bridgehead atoms. The molecule has 0 saturated carbocycles. The van der Waals surface area contributed by atoms with Gasteiger partial charge in [-0.2, -0.15) is 0 Å². The molecule has 14 heavy (non-hydrogen) atoms. The highest BCUT2D eigenvalue weighted by Crippen LogP contribution is 2.21. The third kappa shape index (κ3) is 4.38. The van der Waals surface area contributed by atoms with Crippen LogP contribution in [0.1, 0.15) is 26.7 Å². The number of hydrogen-bond acceptors (Lipinski definition) is 3. The maximum atomic E-state index is 4.41. The van der Waals surface area contributed by atoms with Crippen molar-refractivity contribution in [2.45, 2.75) is 36.6 Å². The summed E-state index contributed by atoms with van der Waals surface area (Å²) in [7, 11) is 0. The van der Waals surface area contributed by atoms with Gasteiger partial charge in [0.1, 0.15) is 0 Å². The van der Waals surface area contributed by atoms with E-state index >= 15 is 0 Å². The Balaban J connectivity index is 2.42. The lowest BCUT2D eigenvalue weighted by Gasteiger charge is -2.01. The monoisotopic (exact) mass is 227 g/mol. The summed E-state index contributed by atoms with van der Waals surface area (Å²) in [4.78, 5) is 5.70. The van der Waals surface area contributed by atoms with Crippen LogP contribution in [0.25, 0.3) is 0 Å². The van der Waals surface area contributed by atoms with Crippen molar-refractivity contribution in [1.82, 2.24) is 4.98 Å². The Morgan fingerprint density at radius 1 is 1.07 bits per heavy atom. The summed E-state index contributed by atoms with van der Waals surface area (Å²) in [5, 5.41) is 1.15. The summed E-state index contributed by atoms with van der Waals surface area (Å²) in [6, 6.07) is 4.30. The van der Waals surface area contributed by atoms with Gasteiger partial charge in [0, 0.05) is 11.1 Å². The molecule has 78 valence electrons. The molecule has 0 aliphatic rings. The van der Waals surface area contributed by atoms with Gasteiger partial charge in [0.15, 0.2) is 0 Å². The summed E-state index contributed by atoms with van der Waals surface area (Å²) < 4.78 is 0. The average molecular weight is 227 g/mol. The van der Waals surface area contributed by atoms with Gasteiger partial charge in [-0.25, -0.2) is 4.98 Å². The van der Waals surface area contributed by atoms with Gasteiger partial charge >= 0.3 is 0 Å². The first-order valence-electron chi connectivity index (χ1n) is 5.08. The quantitative estimate of drug-likeness (QED) is 0.680. The fraction of sp³-hybridized carbons (Fsp3) is 0.545. The van der Waals surface area contributed by atoms with Gasteiger partial charge in [-0.1, -0.05) is 13.8 Å². The fourth-order valence-corrected chi connectivity index (χ4v) is 2.40. The average Bonchev–Trinajstić information content (AvgIpc) is 2.25. The molecular weight excluding hydrogens is 210 g/mol. The van der Waals surface area contributed by atoms with Crippen LogP contribution in [0, 0.1) is 0 Å². The summed E-state index contributed by atoms with van der Waals surface area (Å²) in [6.07, 6.45) is 4.41. The van der Waals surface area contributed by atoms with E-state index in [2.05, 4.69) is 31.0 Å².